The molecule has 7 nitrogen and oxygen atoms in total. The van der Waals surface area contributed by atoms with Crippen LogP contribution in [0.25, 0.3) is 22.5 Å². The number of anilines is 1. The van der Waals surface area contributed by atoms with Crippen molar-refractivity contribution in [1.29, 1.82) is 0 Å². The zero-order chi connectivity index (χ0) is 26.9. The molecule has 2 heterocycles. The molecule has 0 spiro atoms. The molecule has 37 heavy (non-hydrogen) atoms. The first-order valence-electron chi connectivity index (χ1n) is 10.7. The van der Waals surface area contributed by atoms with Gasteiger partial charge in [-0.3, -0.25) is 9.59 Å². The van der Waals surface area contributed by atoms with Gasteiger partial charge in [-0.15, -0.1) is 0 Å². The molecule has 0 saturated heterocycles. The molecule has 0 aliphatic rings. The number of aromatic nitrogens is 3. The molecule has 0 bridgehead atoms. The van der Waals surface area contributed by atoms with Gasteiger partial charge in [0.2, 0.25) is 5.56 Å². The Balaban J connectivity index is 1.75. The van der Waals surface area contributed by atoms with Crippen molar-refractivity contribution in [3.8, 4) is 22.5 Å². The van der Waals surface area contributed by atoms with Crippen LogP contribution in [0.4, 0.5) is 27.8 Å². The van der Waals surface area contributed by atoms with Crippen LogP contribution in [0.1, 0.15) is 21.6 Å². The third-order valence-electron chi connectivity index (χ3n) is 5.44. The van der Waals surface area contributed by atoms with Crippen LogP contribution in [0, 0.1) is 11.6 Å². The number of hydrogen-bond acceptors (Lipinski definition) is 5. The van der Waals surface area contributed by atoms with Gasteiger partial charge in [-0.1, -0.05) is 6.07 Å². The fraction of sp³-hybridized carbons (Fsp3) is 0.120. The Morgan fingerprint density at radius 3 is 2.27 bits per heavy atom. The van der Waals surface area contributed by atoms with Crippen LogP contribution in [0.15, 0.2) is 65.6 Å². The molecule has 0 fully saturated rings. The lowest BCUT2D eigenvalue weighted by molar-refractivity contribution is -0.138. The fourth-order valence-corrected chi connectivity index (χ4v) is 3.60. The average Bonchev–Trinajstić information content (AvgIpc) is 2.84. The quantitative estimate of drug-likeness (QED) is 0.386. The highest BCUT2D eigenvalue weighted by Crippen LogP contribution is 2.33. The van der Waals surface area contributed by atoms with Crippen molar-refractivity contribution in [1.82, 2.24) is 19.9 Å². The maximum atomic E-state index is 14.2. The number of nitrogens with zero attached hydrogens (tertiary/aromatic N) is 3. The van der Waals surface area contributed by atoms with Gasteiger partial charge < -0.3 is 15.6 Å². The average molecular weight is 515 g/mol. The molecule has 1 amide bonds. The predicted octanol–water partition coefficient (Wildman–Crippen LogP) is 4.32. The van der Waals surface area contributed by atoms with Crippen molar-refractivity contribution in [3.63, 3.8) is 0 Å². The minimum Gasteiger partial charge on any atom is -0.382 e. The molecule has 4 aromatic rings. The van der Waals surface area contributed by atoms with Gasteiger partial charge in [0, 0.05) is 30.4 Å². The number of amides is 1. The van der Waals surface area contributed by atoms with E-state index in [1.807, 2.05) is 0 Å². The normalized spacial score (nSPS) is 11.4. The van der Waals surface area contributed by atoms with Crippen molar-refractivity contribution >= 4 is 11.7 Å². The lowest BCUT2D eigenvalue weighted by atomic mass is 10.0. The highest BCUT2D eigenvalue weighted by molar-refractivity contribution is 5.96. The van der Waals surface area contributed by atoms with E-state index in [9.17, 15) is 31.5 Å². The first-order chi connectivity index (χ1) is 17.5. The topological polar surface area (TPSA) is 103 Å². The number of nitrogens with one attached hydrogen (secondary N) is 1. The Morgan fingerprint density at radius 1 is 0.973 bits per heavy atom. The smallest absolute Gasteiger partial charge is 0.382 e. The number of halogens is 5. The highest BCUT2D eigenvalue weighted by Gasteiger charge is 2.36. The summed E-state index contributed by atoms with van der Waals surface area (Å²) in [7, 11) is 1.52. The Labute approximate surface area is 206 Å². The van der Waals surface area contributed by atoms with Gasteiger partial charge in [-0.25, -0.2) is 18.7 Å². The van der Waals surface area contributed by atoms with Crippen molar-refractivity contribution in [2.24, 2.45) is 7.05 Å². The van der Waals surface area contributed by atoms with Gasteiger partial charge in [-0.05, 0) is 42.5 Å². The van der Waals surface area contributed by atoms with Crippen LogP contribution >= 0.6 is 0 Å². The number of aryl methyl sites for hydroxylation is 1. The summed E-state index contributed by atoms with van der Waals surface area (Å²) >= 11 is 0. The molecule has 0 atom stereocenters. The third kappa shape index (κ3) is 5.32. The lowest BCUT2D eigenvalue weighted by Crippen LogP contribution is -2.28. The number of nitrogens with two attached hydrogens (primary N) is 1. The molecule has 4 rings (SSSR count). The summed E-state index contributed by atoms with van der Waals surface area (Å²) < 4.78 is 68.9. The fourth-order valence-electron chi connectivity index (χ4n) is 3.60. The van der Waals surface area contributed by atoms with E-state index >= 15 is 0 Å². The molecule has 190 valence electrons. The SMILES string of the molecule is Cn1cc(-c2nc(CNC(=O)c3c(F)cccc3C(F)(F)F)c(N)nc2-c2ccc(F)cc2)ccc1=O. The summed E-state index contributed by atoms with van der Waals surface area (Å²) in [6, 6.07) is 10.3. The molecule has 12 heteroatoms. The number of carbonyl (C=O) groups excluding carboxylic acids is 1. The van der Waals surface area contributed by atoms with E-state index in [4.69, 9.17) is 5.73 Å². The number of alkyl halides is 3. The van der Waals surface area contributed by atoms with E-state index in [1.54, 1.807) is 0 Å². The van der Waals surface area contributed by atoms with Crippen LogP contribution < -0.4 is 16.6 Å². The summed E-state index contributed by atoms with van der Waals surface area (Å²) in [5.41, 5.74) is 4.44. The molecule has 0 aliphatic heterocycles. The van der Waals surface area contributed by atoms with Crippen molar-refractivity contribution in [2.75, 3.05) is 5.73 Å². The predicted molar refractivity (Wildman–Crippen MR) is 125 cm³/mol. The lowest BCUT2D eigenvalue weighted by Gasteiger charge is -2.15. The molecule has 0 radical (unpaired) electrons. The second-order valence-electron chi connectivity index (χ2n) is 7.97. The van der Waals surface area contributed by atoms with Crippen LogP contribution in [0.3, 0.4) is 0 Å². The summed E-state index contributed by atoms with van der Waals surface area (Å²) in [5.74, 6) is -3.32. The standard InChI is InChI=1S/C25H18F5N5O2/c1-35-12-14(7-10-19(35)36)22-21(13-5-8-15(26)9-6-13)34-23(31)18(33-22)11-32-24(37)20-16(25(28,29)30)3-2-4-17(20)27/h2-10,12H,11H2,1H3,(H2,31,34)(H,32,37). The number of hydrogen-bond donors (Lipinski definition) is 2. The van der Waals surface area contributed by atoms with Gasteiger partial charge in [0.1, 0.15) is 23.1 Å². The van der Waals surface area contributed by atoms with E-state index in [1.165, 1.54) is 54.2 Å². The Hall–Kier alpha value is -4.61. The molecule has 0 saturated carbocycles. The largest absolute Gasteiger partial charge is 0.417 e. The molecule has 0 unspecified atom stereocenters. The van der Waals surface area contributed by atoms with Gasteiger partial charge in [0.25, 0.3) is 5.91 Å². The summed E-state index contributed by atoms with van der Waals surface area (Å²) in [6.45, 7) is -0.480. The number of pyridine rings is 1. The summed E-state index contributed by atoms with van der Waals surface area (Å²) in [4.78, 5) is 33.2. The van der Waals surface area contributed by atoms with E-state index in [-0.39, 0.29) is 28.5 Å². The van der Waals surface area contributed by atoms with Crippen molar-refractivity contribution in [2.45, 2.75) is 12.7 Å². The van der Waals surface area contributed by atoms with E-state index < -0.39 is 41.4 Å². The molecule has 3 N–H and O–H groups in total. The molecular formula is C25H18F5N5O2. The minimum atomic E-state index is -4.96. The highest BCUT2D eigenvalue weighted by atomic mass is 19.4. The Bertz CT molecular complexity index is 1550. The molecule has 2 aromatic heterocycles. The maximum Gasteiger partial charge on any atom is 0.417 e. The van der Waals surface area contributed by atoms with Crippen LogP contribution in [0.2, 0.25) is 0 Å². The Kier molecular flexibility index (Phi) is 6.75. The van der Waals surface area contributed by atoms with Crippen LogP contribution in [-0.4, -0.2) is 20.4 Å². The van der Waals surface area contributed by atoms with Crippen LogP contribution in [-0.2, 0) is 19.8 Å². The van der Waals surface area contributed by atoms with E-state index in [0.29, 0.717) is 17.2 Å². The van der Waals surface area contributed by atoms with Crippen molar-refractivity contribution in [3.05, 3.63) is 99.6 Å². The number of carbonyl (C=O) groups is 1. The van der Waals surface area contributed by atoms with Crippen molar-refractivity contribution < 1.29 is 26.7 Å². The number of benzene rings is 2. The molecule has 2 aromatic carbocycles. The van der Waals surface area contributed by atoms with Gasteiger partial charge >= 0.3 is 6.18 Å². The first kappa shape index (κ1) is 25.5. The summed E-state index contributed by atoms with van der Waals surface area (Å²) in [6.07, 6.45) is -3.48. The van der Waals surface area contributed by atoms with E-state index in [0.717, 1.165) is 12.1 Å². The van der Waals surface area contributed by atoms with Gasteiger partial charge in [0.15, 0.2) is 0 Å². The third-order valence-corrected chi connectivity index (χ3v) is 5.44. The minimum absolute atomic E-state index is 0.0204. The second kappa shape index (κ2) is 9.80. The second-order valence-corrected chi connectivity index (χ2v) is 7.97. The Morgan fingerprint density at radius 2 is 1.62 bits per heavy atom. The monoisotopic (exact) mass is 515 g/mol. The molecular weight excluding hydrogens is 497 g/mol. The summed E-state index contributed by atoms with van der Waals surface area (Å²) in [5, 5.41) is 2.21. The molecule has 0 aliphatic carbocycles. The maximum absolute atomic E-state index is 14.2. The van der Waals surface area contributed by atoms with Crippen LogP contribution in [0.5, 0.6) is 0 Å². The number of nitrogen functional groups attached to an aromatic ring is 1. The zero-order valence-electron chi connectivity index (χ0n) is 19.1. The van der Waals surface area contributed by atoms with Gasteiger partial charge in [0.05, 0.1) is 29.1 Å². The zero-order valence-corrected chi connectivity index (χ0v) is 19.1. The first-order valence-corrected chi connectivity index (χ1v) is 10.7. The number of rotatable bonds is 5. The van der Waals surface area contributed by atoms with E-state index in [2.05, 4.69) is 15.3 Å². The van der Waals surface area contributed by atoms with Gasteiger partial charge in [-0.2, -0.15) is 13.2 Å².